The van der Waals surface area contributed by atoms with Crippen LogP contribution in [0.1, 0.15) is 5.56 Å². The molecule has 1 aromatic carbocycles. The van der Waals surface area contributed by atoms with E-state index in [-0.39, 0.29) is 0 Å². The molecule has 2 aromatic rings. The Morgan fingerprint density at radius 1 is 1.33 bits per heavy atom. The quantitative estimate of drug-likeness (QED) is 0.758. The molecular weight excluding hydrogens is 204 g/mol. The minimum absolute atomic E-state index is 0.949. The fourth-order valence-corrected chi connectivity index (χ4v) is 2.02. The van der Waals surface area contributed by atoms with Gasteiger partial charge in [0.15, 0.2) is 0 Å². The summed E-state index contributed by atoms with van der Waals surface area (Å²) in [5.74, 6) is 1.17. The number of aromatic nitrogens is 1. The topological polar surface area (TPSA) is 27.8 Å². The first-order chi connectivity index (χ1) is 7.42. The van der Waals surface area contributed by atoms with E-state index in [4.69, 9.17) is 0 Å². The number of thioether (sulfide) groups is 1. The number of hydrogen-bond donors (Lipinski definition) is 2. The Hall–Kier alpha value is -0.930. The molecule has 1 heterocycles. The lowest BCUT2D eigenvalue weighted by Crippen LogP contribution is -2.16. The van der Waals surface area contributed by atoms with Crippen molar-refractivity contribution in [2.24, 2.45) is 0 Å². The summed E-state index contributed by atoms with van der Waals surface area (Å²) in [6.07, 6.45) is 4.23. The summed E-state index contributed by atoms with van der Waals surface area (Å²) in [5.41, 5.74) is 2.57. The molecule has 3 heteroatoms. The predicted molar refractivity (Wildman–Crippen MR) is 68.4 cm³/mol. The summed E-state index contributed by atoms with van der Waals surface area (Å²) in [6, 6.07) is 8.42. The number of benzene rings is 1. The molecule has 15 heavy (non-hydrogen) atoms. The Kier molecular flexibility index (Phi) is 3.69. The van der Waals surface area contributed by atoms with Crippen LogP contribution in [0.2, 0.25) is 0 Å². The normalized spacial score (nSPS) is 11.0. The van der Waals surface area contributed by atoms with Crippen molar-refractivity contribution >= 4 is 22.7 Å². The molecule has 0 aliphatic carbocycles. The molecule has 0 atom stereocenters. The summed E-state index contributed by atoms with van der Waals surface area (Å²) >= 11 is 1.87. The molecule has 2 N–H and O–H groups in total. The van der Waals surface area contributed by atoms with Crippen molar-refractivity contribution in [2.75, 3.05) is 18.6 Å². The van der Waals surface area contributed by atoms with Crippen molar-refractivity contribution in [3.8, 4) is 0 Å². The fourth-order valence-electron chi connectivity index (χ4n) is 1.68. The van der Waals surface area contributed by atoms with Crippen molar-refractivity contribution in [1.82, 2.24) is 10.3 Å². The minimum Gasteiger partial charge on any atom is -0.361 e. The second-order valence-electron chi connectivity index (χ2n) is 3.53. The molecule has 80 valence electrons. The van der Waals surface area contributed by atoms with Crippen LogP contribution in [0.25, 0.3) is 10.9 Å². The van der Waals surface area contributed by atoms with Crippen molar-refractivity contribution in [1.29, 1.82) is 0 Å². The van der Waals surface area contributed by atoms with E-state index >= 15 is 0 Å². The molecule has 2 rings (SSSR count). The molecule has 0 fully saturated rings. The van der Waals surface area contributed by atoms with Crippen molar-refractivity contribution in [3.63, 3.8) is 0 Å². The van der Waals surface area contributed by atoms with E-state index < -0.39 is 0 Å². The van der Waals surface area contributed by atoms with E-state index in [0.717, 1.165) is 13.1 Å². The first-order valence-corrected chi connectivity index (χ1v) is 6.56. The molecular formula is C12H16N2S. The Labute approximate surface area is 94.5 Å². The Morgan fingerprint density at radius 2 is 2.20 bits per heavy atom. The number of H-pyrrole nitrogens is 1. The molecule has 0 saturated heterocycles. The van der Waals surface area contributed by atoms with Gasteiger partial charge in [0.2, 0.25) is 0 Å². The standard InChI is InChI=1S/C12H16N2S/c1-15-7-6-13-8-10-9-14-12-5-3-2-4-11(10)12/h2-5,9,13-14H,6-8H2,1H3. The molecule has 0 aliphatic rings. The molecule has 0 aliphatic heterocycles. The lowest BCUT2D eigenvalue weighted by Gasteiger charge is -2.01. The van der Waals surface area contributed by atoms with Gasteiger partial charge in [-0.2, -0.15) is 11.8 Å². The maximum absolute atomic E-state index is 3.44. The van der Waals surface area contributed by atoms with Gasteiger partial charge in [0.1, 0.15) is 0 Å². The largest absolute Gasteiger partial charge is 0.361 e. The first-order valence-electron chi connectivity index (χ1n) is 5.16. The van der Waals surface area contributed by atoms with Crippen LogP contribution in [0.3, 0.4) is 0 Å². The lowest BCUT2D eigenvalue weighted by atomic mass is 10.2. The maximum Gasteiger partial charge on any atom is 0.0457 e. The molecule has 0 amide bonds. The fraction of sp³-hybridized carbons (Fsp3) is 0.333. The summed E-state index contributed by atoms with van der Waals surface area (Å²) in [6.45, 7) is 2.02. The zero-order chi connectivity index (χ0) is 10.5. The monoisotopic (exact) mass is 220 g/mol. The van der Waals surface area contributed by atoms with Crippen LogP contribution >= 0.6 is 11.8 Å². The van der Waals surface area contributed by atoms with E-state index in [2.05, 4.69) is 47.0 Å². The zero-order valence-electron chi connectivity index (χ0n) is 8.92. The minimum atomic E-state index is 0.949. The Balaban J connectivity index is 2.02. The predicted octanol–water partition coefficient (Wildman–Crippen LogP) is 2.62. The highest BCUT2D eigenvalue weighted by atomic mass is 32.2. The molecule has 0 unspecified atom stereocenters. The number of para-hydroxylation sites is 1. The molecule has 2 nitrogen and oxygen atoms in total. The van der Waals surface area contributed by atoms with Gasteiger partial charge in [-0.25, -0.2) is 0 Å². The zero-order valence-corrected chi connectivity index (χ0v) is 9.73. The average molecular weight is 220 g/mol. The Morgan fingerprint density at radius 3 is 3.07 bits per heavy atom. The Bertz CT molecular complexity index is 422. The number of aromatic amines is 1. The van der Waals surface area contributed by atoms with E-state index in [0.29, 0.717) is 0 Å². The van der Waals surface area contributed by atoms with Crippen molar-refractivity contribution < 1.29 is 0 Å². The summed E-state index contributed by atoms with van der Waals surface area (Å²) < 4.78 is 0. The highest BCUT2D eigenvalue weighted by Gasteiger charge is 2.01. The van der Waals surface area contributed by atoms with E-state index in [1.807, 2.05) is 11.8 Å². The SMILES string of the molecule is CSCCNCc1c[nH]c2ccccc12. The third-order valence-corrected chi connectivity index (χ3v) is 3.09. The van der Waals surface area contributed by atoms with E-state index in [1.54, 1.807) is 0 Å². The average Bonchev–Trinajstić information content (AvgIpc) is 2.68. The van der Waals surface area contributed by atoms with Crippen LogP contribution in [-0.2, 0) is 6.54 Å². The van der Waals surface area contributed by atoms with Gasteiger partial charge in [-0.15, -0.1) is 0 Å². The lowest BCUT2D eigenvalue weighted by molar-refractivity contribution is 0.736. The number of rotatable bonds is 5. The third-order valence-electron chi connectivity index (χ3n) is 2.47. The molecule has 1 aromatic heterocycles. The number of nitrogens with one attached hydrogen (secondary N) is 2. The highest BCUT2D eigenvalue weighted by molar-refractivity contribution is 7.98. The van der Waals surface area contributed by atoms with Crippen LogP contribution in [0.4, 0.5) is 0 Å². The van der Waals surface area contributed by atoms with Crippen molar-refractivity contribution in [3.05, 3.63) is 36.0 Å². The second-order valence-corrected chi connectivity index (χ2v) is 4.51. The second kappa shape index (κ2) is 5.24. The van der Waals surface area contributed by atoms with Crippen LogP contribution in [0, 0.1) is 0 Å². The first kappa shape index (κ1) is 10.6. The molecule has 0 radical (unpaired) electrons. The van der Waals surface area contributed by atoms with Gasteiger partial charge in [-0.3, -0.25) is 0 Å². The smallest absolute Gasteiger partial charge is 0.0457 e. The van der Waals surface area contributed by atoms with Crippen LogP contribution in [0.15, 0.2) is 30.5 Å². The van der Waals surface area contributed by atoms with Gasteiger partial charge in [0.25, 0.3) is 0 Å². The van der Waals surface area contributed by atoms with Crippen LogP contribution in [-0.4, -0.2) is 23.5 Å². The maximum atomic E-state index is 3.44. The van der Waals surface area contributed by atoms with Crippen LogP contribution in [0.5, 0.6) is 0 Å². The molecule has 0 bridgehead atoms. The number of hydrogen-bond acceptors (Lipinski definition) is 2. The van der Waals surface area contributed by atoms with Gasteiger partial charge in [0.05, 0.1) is 0 Å². The van der Waals surface area contributed by atoms with Gasteiger partial charge in [-0.1, -0.05) is 18.2 Å². The summed E-state index contributed by atoms with van der Waals surface area (Å²) in [4.78, 5) is 3.28. The van der Waals surface area contributed by atoms with Crippen LogP contribution < -0.4 is 5.32 Å². The highest BCUT2D eigenvalue weighted by Crippen LogP contribution is 2.17. The van der Waals surface area contributed by atoms with E-state index in [1.165, 1.54) is 22.2 Å². The summed E-state index contributed by atoms with van der Waals surface area (Å²) in [5, 5.41) is 4.77. The molecule has 0 spiro atoms. The summed E-state index contributed by atoms with van der Waals surface area (Å²) in [7, 11) is 0. The van der Waals surface area contributed by atoms with Gasteiger partial charge in [0, 0.05) is 35.9 Å². The van der Waals surface area contributed by atoms with Crippen molar-refractivity contribution in [2.45, 2.75) is 6.54 Å². The van der Waals surface area contributed by atoms with Gasteiger partial charge in [-0.05, 0) is 17.9 Å². The van der Waals surface area contributed by atoms with Gasteiger partial charge >= 0.3 is 0 Å². The number of fused-ring (bicyclic) bond motifs is 1. The molecule has 0 saturated carbocycles. The van der Waals surface area contributed by atoms with E-state index in [9.17, 15) is 0 Å². The third kappa shape index (κ3) is 2.55. The van der Waals surface area contributed by atoms with Gasteiger partial charge < -0.3 is 10.3 Å².